The van der Waals surface area contributed by atoms with Crippen LogP contribution in [-0.2, 0) is 12.8 Å². The van der Waals surface area contributed by atoms with Crippen molar-refractivity contribution in [2.75, 3.05) is 0 Å². The van der Waals surface area contributed by atoms with Crippen LogP contribution < -0.4 is 5.73 Å². The average Bonchev–Trinajstić information content (AvgIpc) is 2.99. The summed E-state index contributed by atoms with van der Waals surface area (Å²) >= 11 is 0. The molecule has 17 heavy (non-hydrogen) atoms. The van der Waals surface area contributed by atoms with Gasteiger partial charge in [-0.1, -0.05) is 32.9 Å². The molecule has 0 spiro atoms. The second kappa shape index (κ2) is 4.34. The molecular weight excluding hydrogens is 210 g/mol. The molecule has 0 bridgehead atoms. The molecule has 1 saturated carbocycles. The van der Waals surface area contributed by atoms with E-state index < -0.39 is 0 Å². The van der Waals surface area contributed by atoms with Crippen molar-refractivity contribution in [1.29, 1.82) is 0 Å². The summed E-state index contributed by atoms with van der Waals surface area (Å²) in [6.45, 7) is 6.41. The summed E-state index contributed by atoms with van der Waals surface area (Å²) in [6.07, 6.45) is 3.86. The number of benzene rings is 1. The van der Waals surface area contributed by atoms with Gasteiger partial charge in [-0.3, -0.25) is 0 Å². The summed E-state index contributed by atoms with van der Waals surface area (Å²) < 4.78 is 0. The predicted molar refractivity (Wildman–Crippen MR) is 71.4 cm³/mol. The van der Waals surface area contributed by atoms with Gasteiger partial charge in [0.15, 0.2) is 0 Å². The maximum absolute atomic E-state index is 10.4. The lowest BCUT2D eigenvalue weighted by Crippen LogP contribution is -2.25. The summed E-state index contributed by atoms with van der Waals surface area (Å²) in [5.74, 6) is 0.916. The van der Waals surface area contributed by atoms with Crippen LogP contribution in [0.3, 0.4) is 0 Å². The lowest BCUT2D eigenvalue weighted by atomic mass is 9.89. The normalized spacial score (nSPS) is 17.5. The number of rotatable bonds is 4. The number of aromatic hydroxyl groups is 1. The average molecular weight is 233 g/mol. The van der Waals surface area contributed by atoms with Gasteiger partial charge in [0, 0.05) is 5.54 Å². The Balaban J connectivity index is 2.43. The van der Waals surface area contributed by atoms with Crippen LogP contribution in [-0.4, -0.2) is 10.6 Å². The number of hydrogen-bond donors (Lipinski definition) is 2. The van der Waals surface area contributed by atoms with Crippen molar-refractivity contribution in [2.24, 2.45) is 5.73 Å². The SMILES string of the molecule is CCc1ccc(C(C)C)c(CC2(N)CC2)c1O. The fourth-order valence-electron chi connectivity index (χ4n) is 2.40. The monoisotopic (exact) mass is 233 g/mol. The molecular formula is C15H23NO. The quantitative estimate of drug-likeness (QED) is 0.839. The zero-order chi connectivity index (χ0) is 12.6. The zero-order valence-electron chi connectivity index (χ0n) is 11.1. The van der Waals surface area contributed by atoms with Gasteiger partial charge >= 0.3 is 0 Å². The minimum absolute atomic E-state index is 0.0481. The molecule has 0 aromatic heterocycles. The molecule has 1 aromatic carbocycles. The predicted octanol–water partition coefficient (Wildman–Crippen LogP) is 3.11. The fraction of sp³-hybridized carbons (Fsp3) is 0.600. The zero-order valence-corrected chi connectivity index (χ0v) is 11.1. The lowest BCUT2D eigenvalue weighted by molar-refractivity contribution is 0.455. The van der Waals surface area contributed by atoms with Crippen molar-refractivity contribution in [3.8, 4) is 5.75 Å². The molecule has 1 aliphatic rings. The minimum Gasteiger partial charge on any atom is -0.507 e. The Morgan fingerprint density at radius 3 is 2.47 bits per heavy atom. The van der Waals surface area contributed by atoms with Crippen LogP contribution in [0.25, 0.3) is 0 Å². The molecule has 1 aromatic rings. The highest BCUT2D eigenvalue weighted by atomic mass is 16.3. The van der Waals surface area contributed by atoms with E-state index in [1.165, 1.54) is 5.56 Å². The Hall–Kier alpha value is -1.02. The van der Waals surface area contributed by atoms with Gasteiger partial charge in [0.1, 0.15) is 5.75 Å². The second-order valence-electron chi connectivity index (χ2n) is 5.69. The molecule has 3 N–H and O–H groups in total. The van der Waals surface area contributed by atoms with Gasteiger partial charge in [0.05, 0.1) is 0 Å². The Morgan fingerprint density at radius 2 is 2.00 bits per heavy atom. The van der Waals surface area contributed by atoms with Gasteiger partial charge in [-0.25, -0.2) is 0 Å². The van der Waals surface area contributed by atoms with E-state index in [-0.39, 0.29) is 5.54 Å². The number of nitrogens with two attached hydrogens (primary N) is 1. The summed E-state index contributed by atoms with van der Waals surface area (Å²) in [7, 11) is 0. The molecule has 0 saturated heterocycles. The minimum atomic E-state index is -0.0481. The number of hydrogen-bond acceptors (Lipinski definition) is 2. The van der Waals surface area contributed by atoms with E-state index in [0.717, 1.165) is 36.8 Å². The van der Waals surface area contributed by atoms with Crippen LogP contribution in [0.15, 0.2) is 12.1 Å². The van der Waals surface area contributed by atoms with Crippen molar-refractivity contribution in [2.45, 2.75) is 57.9 Å². The van der Waals surface area contributed by atoms with Gasteiger partial charge in [-0.05, 0) is 48.3 Å². The standard InChI is InChI=1S/C15H23NO/c1-4-11-5-6-12(10(2)3)13(14(11)17)9-15(16)7-8-15/h5-6,10,17H,4,7-9,16H2,1-3H3. The molecule has 1 aliphatic carbocycles. The molecule has 0 unspecified atom stereocenters. The number of phenolic OH excluding ortho intramolecular Hbond substituents is 1. The van der Waals surface area contributed by atoms with Crippen LogP contribution in [0.4, 0.5) is 0 Å². The van der Waals surface area contributed by atoms with E-state index in [1.807, 2.05) is 6.07 Å². The fourth-order valence-corrected chi connectivity index (χ4v) is 2.40. The van der Waals surface area contributed by atoms with Crippen LogP contribution >= 0.6 is 0 Å². The Kier molecular flexibility index (Phi) is 3.17. The van der Waals surface area contributed by atoms with Crippen molar-refractivity contribution in [1.82, 2.24) is 0 Å². The van der Waals surface area contributed by atoms with Crippen molar-refractivity contribution in [3.05, 3.63) is 28.8 Å². The highest BCUT2D eigenvalue weighted by Gasteiger charge is 2.39. The van der Waals surface area contributed by atoms with E-state index >= 15 is 0 Å². The third-order valence-corrected chi connectivity index (χ3v) is 3.83. The lowest BCUT2D eigenvalue weighted by Gasteiger charge is -2.19. The van der Waals surface area contributed by atoms with Gasteiger partial charge in [-0.2, -0.15) is 0 Å². The first-order valence-corrected chi connectivity index (χ1v) is 6.59. The Labute approximate surface area is 104 Å². The Morgan fingerprint density at radius 1 is 1.35 bits per heavy atom. The molecule has 2 nitrogen and oxygen atoms in total. The van der Waals surface area contributed by atoms with Crippen LogP contribution in [0.2, 0.25) is 0 Å². The molecule has 0 aliphatic heterocycles. The topological polar surface area (TPSA) is 46.2 Å². The van der Waals surface area contributed by atoms with Crippen molar-refractivity contribution in [3.63, 3.8) is 0 Å². The van der Waals surface area contributed by atoms with E-state index in [0.29, 0.717) is 11.7 Å². The summed E-state index contributed by atoms with van der Waals surface area (Å²) in [6, 6.07) is 4.20. The van der Waals surface area contributed by atoms with Gasteiger partial charge < -0.3 is 10.8 Å². The number of aryl methyl sites for hydroxylation is 1. The first-order valence-electron chi connectivity index (χ1n) is 6.59. The van der Waals surface area contributed by atoms with Crippen LogP contribution in [0.5, 0.6) is 5.75 Å². The first kappa shape index (κ1) is 12.4. The van der Waals surface area contributed by atoms with Crippen molar-refractivity contribution < 1.29 is 5.11 Å². The molecule has 0 amide bonds. The molecule has 2 heteroatoms. The van der Waals surface area contributed by atoms with E-state index in [2.05, 4.69) is 26.8 Å². The molecule has 2 rings (SSSR count). The molecule has 94 valence electrons. The summed E-state index contributed by atoms with van der Waals surface area (Å²) in [5, 5.41) is 10.4. The smallest absolute Gasteiger partial charge is 0.122 e. The maximum atomic E-state index is 10.4. The van der Waals surface area contributed by atoms with E-state index in [1.54, 1.807) is 0 Å². The highest BCUT2D eigenvalue weighted by molar-refractivity contribution is 5.48. The summed E-state index contributed by atoms with van der Waals surface area (Å²) in [5.41, 5.74) is 9.51. The van der Waals surface area contributed by atoms with Crippen LogP contribution in [0.1, 0.15) is 56.2 Å². The Bertz CT molecular complexity index is 419. The summed E-state index contributed by atoms with van der Waals surface area (Å²) in [4.78, 5) is 0. The van der Waals surface area contributed by atoms with E-state index in [9.17, 15) is 5.11 Å². The molecule has 1 fully saturated rings. The van der Waals surface area contributed by atoms with Crippen molar-refractivity contribution >= 4 is 0 Å². The second-order valence-corrected chi connectivity index (χ2v) is 5.69. The highest BCUT2D eigenvalue weighted by Crippen LogP contribution is 2.41. The first-order chi connectivity index (χ1) is 7.97. The third kappa shape index (κ3) is 2.47. The maximum Gasteiger partial charge on any atom is 0.122 e. The molecule has 0 atom stereocenters. The third-order valence-electron chi connectivity index (χ3n) is 3.83. The van der Waals surface area contributed by atoms with Gasteiger partial charge in [0.25, 0.3) is 0 Å². The van der Waals surface area contributed by atoms with Gasteiger partial charge in [0.2, 0.25) is 0 Å². The van der Waals surface area contributed by atoms with E-state index in [4.69, 9.17) is 5.73 Å². The van der Waals surface area contributed by atoms with Crippen LogP contribution in [0, 0.1) is 0 Å². The number of phenols is 1. The molecule has 0 heterocycles. The molecule has 0 radical (unpaired) electrons. The largest absolute Gasteiger partial charge is 0.507 e. The van der Waals surface area contributed by atoms with Gasteiger partial charge in [-0.15, -0.1) is 0 Å².